The lowest BCUT2D eigenvalue weighted by Crippen LogP contribution is -2.33. The van der Waals surface area contributed by atoms with Crippen LogP contribution in [0.2, 0.25) is 0 Å². The van der Waals surface area contributed by atoms with Crippen molar-refractivity contribution in [3.05, 3.63) is 82.7 Å². The minimum Gasteiger partial charge on any atom is -0.497 e. The molecular weight excluding hydrogens is 412 g/mol. The fourth-order valence-corrected chi connectivity index (χ4v) is 3.03. The molecule has 1 aromatic heterocycles. The molecular formula is C20H19BrN2O2S. The zero-order chi connectivity index (χ0) is 18.4. The Balaban J connectivity index is 1.77. The number of hydrogen-bond donors (Lipinski definition) is 1. The van der Waals surface area contributed by atoms with Crippen LogP contribution in [0.15, 0.2) is 75.8 Å². The predicted molar refractivity (Wildman–Crippen MR) is 111 cm³/mol. The lowest BCUT2D eigenvalue weighted by atomic mass is 10.2. The van der Waals surface area contributed by atoms with Crippen LogP contribution in [0, 0.1) is 0 Å². The fraction of sp³-hybridized carbons (Fsp3) is 0.150. The van der Waals surface area contributed by atoms with Crippen LogP contribution in [0.1, 0.15) is 11.3 Å². The summed E-state index contributed by atoms with van der Waals surface area (Å²) in [4.78, 5) is 2.06. The van der Waals surface area contributed by atoms with E-state index < -0.39 is 0 Å². The number of thiocarbonyl (C=S) groups is 1. The van der Waals surface area contributed by atoms with Gasteiger partial charge in [-0.05, 0) is 66.3 Å². The lowest BCUT2D eigenvalue weighted by Gasteiger charge is -2.25. The highest BCUT2D eigenvalue weighted by Crippen LogP contribution is 2.19. The van der Waals surface area contributed by atoms with E-state index >= 15 is 0 Å². The summed E-state index contributed by atoms with van der Waals surface area (Å²) in [5.41, 5.74) is 2.05. The van der Waals surface area contributed by atoms with Crippen molar-refractivity contribution in [1.82, 2.24) is 4.90 Å². The van der Waals surface area contributed by atoms with Gasteiger partial charge in [0.1, 0.15) is 11.5 Å². The van der Waals surface area contributed by atoms with Crippen molar-refractivity contribution in [2.24, 2.45) is 0 Å². The maximum atomic E-state index is 5.65. The summed E-state index contributed by atoms with van der Waals surface area (Å²) >= 11 is 9.10. The molecule has 3 aromatic rings. The van der Waals surface area contributed by atoms with Crippen LogP contribution in [-0.2, 0) is 13.1 Å². The summed E-state index contributed by atoms with van der Waals surface area (Å²) in [6.07, 6.45) is 1.67. The van der Waals surface area contributed by atoms with E-state index in [1.807, 2.05) is 54.6 Å². The molecule has 0 radical (unpaired) electrons. The second kappa shape index (κ2) is 8.87. The molecule has 1 N–H and O–H groups in total. The van der Waals surface area contributed by atoms with Gasteiger partial charge in [0.2, 0.25) is 0 Å². The van der Waals surface area contributed by atoms with Crippen LogP contribution in [-0.4, -0.2) is 17.1 Å². The molecule has 0 spiro atoms. The van der Waals surface area contributed by atoms with Gasteiger partial charge in [-0.3, -0.25) is 0 Å². The quantitative estimate of drug-likeness (QED) is 0.526. The largest absolute Gasteiger partial charge is 0.497 e. The van der Waals surface area contributed by atoms with E-state index in [0.717, 1.165) is 27.2 Å². The Hall–Kier alpha value is -2.31. The van der Waals surface area contributed by atoms with Gasteiger partial charge in [0.15, 0.2) is 5.11 Å². The Morgan fingerprint density at radius 1 is 1.12 bits per heavy atom. The van der Waals surface area contributed by atoms with Crippen LogP contribution in [0.3, 0.4) is 0 Å². The van der Waals surface area contributed by atoms with E-state index in [9.17, 15) is 0 Å². The molecule has 1 heterocycles. The Kier molecular flexibility index (Phi) is 6.30. The molecule has 2 aromatic carbocycles. The number of methoxy groups -OCH3 is 1. The van der Waals surface area contributed by atoms with Gasteiger partial charge >= 0.3 is 0 Å². The maximum absolute atomic E-state index is 5.65. The van der Waals surface area contributed by atoms with Crippen LogP contribution in [0.5, 0.6) is 5.75 Å². The normalized spacial score (nSPS) is 10.4. The second-order valence-corrected chi connectivity index (χ2v) is 7.03. The summed E-state index contributed by atoms with van der Waals surface area (Å²) < 4.78 is 11.8. The number of anilines is 1. The minimum absolute atomic E-state index is 0.576. The molecule has 0 aliphatic heterocycles. The van der Waals surface area contributed by atoms with Crippen molar-refractivity contribution in [3.8, 4) is 5.75 Å². The van der Waals surface area contributed by atoms with E-state index in [1.165, 1.54) is 0 Å². The molecule has 0 amide bonds. The Bertz CT molecular complexity index is 851. The first-order valence-corrected chi connectivity index (χ1v) is 9.31. The van der Waals surface area contributed by atoms with Crippen LogP contribution in [0.4, 0.5) is 5.69 Å². The number of halogens is 1. The third kappa shape index (κ3) is 5.09. The SMILES string of the molecule is COc1cccc(CN(Cc2ccco2)C(=S)Nc2ccc(Br)cc2)c1. The van der Waals surface area contributed by atoms with Crippen LogP contribution >= 0.6 is 28.1 Å². The Morgan fingerprint density at radius 3 is 2.62 bits per heavy atom. The van der Waals surface area contributed by atoms with Crippen molar-refractivity contribution < 1.29 is 9.15 Å². The molecule has 0 saturated heterocycles. The molecule has 0 atom stereocenters. The van der Waals surface area contributed by atoms with E-state index in [2.05, 4.69) is 32.2 Å². The van der Waals surface area contributed by atoms with Gasteiger partial charge in [0, 0.05) is 16.7 Å². The topological polar surface area (TPSA) is 37.6 Å². The molecule has 0 aliphatic carbocycles. The molecule has 4 nitrogen and oxygen atoms in total. The van der Waals surface area contributed by atoms with Gasteiger partial charge < -0.3 is 19.4 Å². The van der Waals surface area contributed by atoms with Gasteiger partial charge in [-0.2, -0.15) is 0 Å². The zero-order valence-electron chi connectivity index (χ0n) is 14.3. The van der Waals surface area contributed by atoms with Crippen LogP contribution in [0.25, 0.3) is 0 Å². The maximum Gasteiger partial charge on any atom is 0.174 e. The molecule has 0 saturated carbocycles. The van der Waals surface area contributed by atoms with Gasteiger partial charge in [-0.25, -0.2) is 0 Å². The highest BCUT2D eigenvalue weighted by atomic mass is 79.9. The van der Waals surface area contributed by atoms with Crippen molar-refractivity contribution >= 4 is 38.9 Å². The smallest absolute Gasteiger partial charge is 0.174 e. The van der Waals surface area contributed by atoms with E-state index in [0.29, 0.717) is 18.2 Å². The van der Waals surface area contributed by atoms with E-state index in [4.69, 9.17) is 21.4 Å². The Labute approximate surface area is 166 Å². The van der Waals surface area contributed by atoms with Gasteiger partial charge in [-0.15, -0.1) is 0 Å². The molecule has 0 unspecified atom stereocenters. The zero-order valence-corrected chi connectivity index (χ0v) is 16.7. The van der Waals surface area contributed by atoms with Gasteiger partial charge in [-0.1, -0.05) is 28.1 Å². The summed E-state index contributed by atoms with van der Waals surface area (Å²) in [5.74, 6) is 1.68. The highest BCUT2D eigenvalue weighted by molar-refractivity contribution is 9.10. The monoisotopic (exact) mass is 430 g/mol. The van der Waals surface area contributed by atoms with Crippen molar-refractivity contribution in [2.75, 3.05) is 12.4 Å². The first-order chi connectivity index (χ1) is 12.6. The summed E-state index contributed by atoms with van der Waals surface area (Å²) in [5, 5.41) is 3.93. The average molecular weight is 431 g/mol. The first-order valence-electron chi connectivity index (χ1n) is 8.11. The molecule has 6 heteroatoms. The first kappa shape index (κ1) is 18.5. The number of benzene rings is 2. The van der Waals surface area contributed by atoms with Crippen molar-refractivity contribution in [1.29, 1.82) is 0 Å². The average Bonchev–Trinajstić information content (AvgIpc) is 3.16. The number of furan rings is 1. The third-order valence-corrected chi connectivity index (χ3v) is 4.71. The van der Waals surface area contributed by atoms with Gasteiger partial charge in [0.05, 0.1) is 19.9 Å². The molecule has 134 valence electrons. The van der Waals surface area contributed by atoms with Crippen LogP contribution < -0.4 is 10.1 Å². The van der Waals surface area contributed by atoms with Crippen molar-refractivity contribution in [3.63, 3.8) is 0 Å². The van der Waals surface area contributed by atoms with Gasteiger partial charge in [0.25, 0.3) is 0 Å². The molecule has 0 aliphatic rings. The summed E-state index contributed by atoms with van der Waals surface area (Å²) in [6.45, 7) is 1.22. The molecule has 0 bridgehead atoms. The number of nitrogens with zero attached hydrogens (tertiary/aromatic N) is 1. The second-order valence-electron chi connectivity index (χ2n) is 5.72. The molecule has 0 fully saturated rings. The van der Waals surface area contributed by atoms with E-state index in [1.54, 1.807) is 13.4 Å². The number of nitrogens with one attached hydrogen (secondary N) is 1. The molecule has 26 heavy (non-hydrogen) atoms. The fourth-order valence-electron chi connectivity index (χ4n) is 2.52. The minimum atomic E-state index is 0.576. The van der Waals surface area contributed by atoms with Crippen molar-refractivity contribution in [2.45, 2.75) is 13.1 Å². The standard InChI is InChI=1S/C20H19BrN2O2S/c1-24-18-5-2-4-15(12-18)13-23(14-19-6-3-11-25-19)20(26)22-17-9-7-16(21)8-10-17/h2-12H,13-14H2,1H3,(H,22,26). The molecule has 3 rings (SSSR count). The lowest BCUT2D eigenvalue weighted by molar-refractivity contribution is 0.359. The predicted octanol–water partition coefficient (Wildman–Crippen LogP) is 5.45. The number of ether oxygens (including phenoxy) is 1. The number of rotatable bonds is 6. The summed E-state index contributed by atoms with van der Waals surface area (Å²) in [7, 11) is 1.67. The van der Waals surface area contributed by atoms with E-state index in [-0.39, 0.29) is 0 Å². The third-order valence-electron chi connectivity index (χ3n) is 3.82. The highest BCUT2D eigenvalue weighted by Gasteiger charge is 2.13. The Morgan fingerprint density at radius 2 is 1.92 bits per heavy atom. The number of hydrogen-bond acceptors (Lipinski definition) is 3. The summed E-state index contributed by atoms with van der Waals surface area (Å²) in [6, 6.07) is 19.7.